The Morgan fingerprint density at radius 3 is 2.17 bits per heavy atom. The summed E-state index contributed by atoms with van der Waals surface area (Å²) in [5.41, 5.74) is 1.90. The van der Waals surface area contributed by atoms with Crippen LogP contribution in [0.5, 0.6) is 0 Å². The van der Waals surface area contributed by atoms with Gasteiger partial charge in [-0.25, -0.2) is 13.6 Å². The van der Waals surface area contributed by atoms with Crippen molar-refractivity contribution in [1.29, 1.82) is 0 Å². The number of halogens is 2. The molecule has 0 spiro atoms. The van der Waals surface area contributed by atoms with Gasteiger partial charge in [-0.2, -0.15) is 4.89 Å². The highest BCUT2D eigenvalue weighted by molar-refractivity contribution is 5.95. The number of hydrogen-bond donors (Lipinski definition) is 0. The van der Waals surface area contributed by atoms with Crippen molar-refractivity contribution in [3.8, 4) is 22.3 Å². The third-order valence-electron chi connectivity index (χ3n) is 6.25. The van der Waals surface area contributed by atoms with Crippen molar-refractivity contribution in [3.63, 3.8) is 0 Å². The quantitative estimate of drug-likeness (QED) is 0.127. The van der Waals surface area contributed by atoms with Gasteiger partial charge in [0, 0.05) is 11.1 Å². The Hall–Kier alpha value is -3.05. The van der Waals surface area contributed by atoms with Gasteiger partial charge >= 0.3 is 5.97 Å². The van der Waals surface area contributed by atoms with E-state index in [0.717, 1.165) is 43.2 Å². The molecule has 5 heteroatoms. The lowest BCUT2D eigenvalue weighted by Gasteiger charge is -2.15. The van der Waals surface area contributed by atoms with E-state index in [9.17, 15) is 4.79 Å². The van der Waals surface area contributed by atoms with Crippen LogP contribution in [-0.2, 0) is 16.2 Å². The van der Waals surface area contributed by atoms with Gasteiger partial charge in [-0.05, 0) is 41.7 Å². The van der Waals surface area contributed by atoms with Crippen LogP contribution in [-0.4, -0.2) is 12.6 Å². The third kappa shape index (κ3) is 7.47. The second kappa shape index (κ2) is 14.5. The molecule has 3 nitrogen and oxygen atoms in total. The Morgan fingerprint density at radius 1 is 0.778 bits per heavy atom. The van der Waals surface area contributed by atoms with Gasteiger partial charge in [0.25, 0.3) is 0 Å². The van der Waals surface area contributed by atoms with Gasteiger partial charge < -0.3 is 0 Å². The molecule has 3 aromatic rings. The molecule has 192 valence electrons. The van der Waals surface area contributed by atoms with Crippen LogP contribution in [0, 0.1) is 11.6 Å². The molecule has 36 heavy (non-hydrogen) atoms. The molecule has 0 fully saturated rings. The Kier molecular flexibility index (Phi) is 11.1. The highest BCUT2D eigenvalue weighted by Gasteiger charge is 2.24. The Bertz CT molecular complexity index is 1110. The Labute approximate surface area is 213 Å². The third-order valence-corrected chi connectivity index (χ3v) is 6.25. The lowest BCUT2D eigenvalue weighted by Crippen LogP contribution is -2.10. The average molecular weight is 495 g/mol. The van der Waals surface area contributed by atoms with Gasteiger partial charge in [0.1, 0.15) is 11.6 Å². The lowest BCUT2D eigenvalue weighted by molar-refractivity contribution is -0.241. The molecule has 0 bridgehead atoms. The second-order valence-corrected chi connectivity index (χ2v) is 9.09. The van der Waals surface area contributed by atoms with E-state index < -0.39 is 17.6 Å². The fourth-order valence-corrected chi connectivity index (χ4v) is 4.32. The largest absolute Gasteiger partial charge is 0.376 e. The number of unbranched alkanes of at least 4 members (excludes halogenated alkanes) is 6. The molecule has 0 unspecified atom stereocenters. The van der Waals surface area contributed by atoms with E-state index in [0.29, 0.717) is 5.56 Å². The summed E-state index contributed by atoms with van der Waals surface area (Å²) in [4.78, 5) is 22.6. The minimum atomic E-state index is -0.931. The standard InChI is InChI=1S/C31H36F2O3/c1-3-5-6-7-8-9-13-21-35-36-31(34)27-20-19-25(24-15-11-10-12-16-24)29(30(27)33)26-18-17-23(14-4-2)22-28(26)32/h10-12,15-20,22H,3-9,13-14,21H2,1-2H3. The molecule has 0 saturated heterocycles. The SMILES string of the molecule is CCCCCCCCCOOC(=O)c1ccc(-c2ccccc2)c(-c2ccc(CCC)cc2F)c1F. The van der Waals surface area contributed by atoms with E-state index >= 15 is 8.78 Å². The molecule has 0 aromatic heterocycles. The maximum Gasteiger partial charge on any atom is 0.376 e. The first kappa shape index (κ1) is 27.5. The first-order valence-electron chi connectivity index (χ1n) is 13.1. The summed E-state index contributed by atoms with van der Waals surface area (Å²) in [5, 5.41) is 0. The van der Waals surface area contributed by atoms with E-state index in [1.165, 1.54) is 37.8 Å². The van der Waals surface area contributed by atoms with Crippen LogP contribution in [0.25, 0.3) is 22.3 Å². The van der Waals surface area contributed by atoms with Crippen LogP contribution in [0.1, 0.15) is 81.1 Å². The van der Waals surface area contributed by atoms with E-state index in [1.54, 1.807) is 18.2 Å². The molecule has 0 amide bonds. The molecule has 3 aromatic carbocycles. The van der Waals surface area contributed by atoms with Gasteiger partial charge in [-0.15, -0.1) is 0 Å². The zero-order valence-corrected chi connectivity index (χ0v) is 21.3. The summed E-state index contributed by atoms with van der Waals surface area (Å²) in [6.07, 6.45) is 9.33. The van der Waals surface area contributed by atoms with Crippen LogP contribution in [0.4, 0.5) is 8.78 Å². The molecule has 0 aliphatic heterocycles. The molecule has 0 saturated carbocycles. The van der Waals surface area contributed by atoms with Gasteiger partial charge in [0.15, 0.2) is 0 Å². The summed E-state index contributed by atoms with van der Waals surface area (Å²) >= 11 is 0. The lowest BCUT2D eigenvalue weighted by atomic mass is 9.91. The number of benzene rings is 3. The Balaban J connectivity index is 1.78. The highest BCUT2D eigenvalue weighted by Crippen LogP contribution is 2.37. The molecule has 0 N–H and O–H groups in total. The van der Waals surface area contributed by atoms with Crippen molar-refractivity contribution >= 4 is 5.97 Å². The zero-order valence-electron chi connectivity index (χ0n) is 21.3. The van der Waals surface area contributed by atoms with E-state index in [4.69, 9.17) is 9.78 Å². The van der Waals surface area contributed by atoms with Gasteiger partial charge in [-0.1, -0.05) is 107 Å². The Morgan fingerprint density at radius 2 is 1.47 bits per heavy atom. The molecule has 0 radical (unpaired) electrons. The van der Waals surface area contributed by atoms with E-state index in [2.05, 4.69) is 6.92 Å². The predicted octanol–water partition coefficient (Wildman–Crippen LogP) is 9.09. The fourth-order valence-electron chi connectivity index (χ4n) is 4.32. The molecule has 0 aliphatic carbocycles. The van der Waals surface area contributed by atoms with E-state index in [1.807, 2.05) is 37.3 Å². The summed E-state index contributed by atoms with van der Waals surface area (Å²) in [5.74, 6) is -2.29. The molecule has 0 aliphatic rings. The molecular formula is C31H36F2O3. The smallest absolute Gasteiger partial charge is 0.293 e. The van der Waals surface area contributed by atoms with Gasteiger partial charge in [0.2, 0.25) is 0 Å². The van der Waals surface area contributed by atoms with Crippen LogP contribution in [0.15, 0.2) is 60.7 Å². The van der Waals surface area contributed by atoms with Crippen molar-refractivity contribution in [1.82, 2.24) is 0 Å². The maximum atomic E-state index is 15.8. The number of carbonyl (C=O) groups excluding carboxylic acids is 1. The predicted molar refractivity (Wildman–Crippen MR) is 141 cm³/mol. The summed E-state index contributed by atoms with van der Waals surface area (Å²) in [7, 11) is 0. The molecule has 0 atom stereocenters. The van der Waals surface area contributed by atoms with Crippen LogP contribution in [0.2, 0.25) is 0 Å². The zero-order chi connectivity index (χ0) is 25.8. The molecular weight excluding hydrogens is 458 g/mol. The van der Waals surface area contributed by atoms with Crippen molar-refractivity contribution in [2.24, 2.45) is 0 Å². The number of carbonyl (C=O) groups is 1. The average Bonchev–Trinajstić information content (AvgIpc) is 2.88. The topological polar surface area (TPSA) is 35.5 Å². The molecule has 3 rings (SSSR count). The first-order valence-corrected chi connectivity index (χ1v) is 13.1. The maximum absolute atomic E-state index is 15.8. The monoisotopic (exact) mass is 494 g/mol. The molecule has 0 heterocycles. The van der Waals surface area contributed by atoms with Crippen molar-refractivity contribution < 1.29 is 23.4 Å². The minimum Gasteiger partial charge on any atom is -0.293 e. The van der Waals surface area contributed by atoms with Crippen LogP contribution >= 0.6 is 0 Å². The summed E-state index contributed by atoms with van der Waals surface area (Å²) < 4.78 is 31.0. The fraction of sp³-hybridized carbons (Fsp3) is 0.387. The highest BCUT2D eigenvalue weighted by atomic mass is 19.1. The second-order valence-electron chi connectivity index (χ2n) is 9.09. The van der Waals surface area contributed by atoms with Gasteiger partial charge in [-0.3, -0.25) is 4.89 Å². The number of aryl methyl sites for hydroxylation is 1. The van der Waals surface area contributed by atoms with Crippen molar-refractivity contribution in [2.45, 2.75) is 71.6 Å². The van der Waals surface area contributed by atoms with Crippen LogP contribution in [0.3, 0.4) is 0 Å². The minimum absolute atomic E-state index is 0.0308. The summed E-state index contributed by atoms with van der Waals surface area (Å²) in [6, 6.07) is 17.0. The van der Waals surface area contributed by atoms with Gasteiger partial charge in [0.05, 0.1) is 12.2 Å². The number of hydrogen-bond acceptors (Lipinski definition) is 3. The van der Waals surface area contributed by atoms with Crippen LogP contribution < -0.4 is 0 Å². The number of rotatable bonds is 14. The normalized spacial score (nSPS) is 11.0. The van der Waals surface area contributed by atoms with E-state index in [-0.39, 0.29) is 23.3 Å². The van der Waals surface area contributed by atoms with Crippen molar-refractivity contribution in [3.05, 3.63) is 83.4 Å². The van der Waals surface area contributed by atoms with Crippen molar-refractivity contribution in [2.75, 3.05) is 6.61 Å². The first-order chi connectivity index (χ1) is 17.6. The summed E-state index contributed by atoms with van der Waals surface area (Å²) in [6.45, 7) is 4.45.